The highest BCUT2D eigenvalue weighted by Gasteiger charge is 2.46. The molecule has 3 aliphatic rings. The van der Waals surface area contributed by atoms with E-state index < -0.39 is 0 Å². The maximum Gasteiger partial charge on any atom is 0.191 e. The van der Waals surface area contributed by atoms with Crippen molar-refractivity contribution in [1.82, 2.24) is 15.5 Å². The molecule has 0 aromatic heterocycles. The van der Waals surface area contributed by atoms with E-state index in [0.29, 0.717) is 13.0 Å². The van der Waals surface area contributed by atoms with Gasteiger partial charge in [0.15, 0.2) is 5.78 Å². The summed E-state index contributed by atoms with van der Waals surface area (Å²) in [4.78, 5) is 16.0. The van der Waals surface area contributed by atoms with Gasteiger partial charge in [0.05, 0.1) is 0 Å². The molecule has 32 heavy (non-hydrogen) atoms. The number of carbonyl (C=O) groups is 1. The van der Waals surface area contributed by atoms with E-state index in [0.717, 1.165) is 79.4 Å². The average Bonchev–Trinajstić information content (AvgIpc) is 2.91. The molecule has 0 amide bonds. The maximum absolute atomic E-state index is 13.6. The highest BCUT2D eigenvalue weighted by Crippen LogP contribution is 2.48. The highest BCUT2D eigenvalue weighted by molar-refractivity contribution is 6.12. The standard InChI is InChI=1S/C27H35N3O2/c1-4-30(5-2)17-18-32-21-11-12-22-24(19-21)27(13-15-28-16-14-27)26-23(25(22)31)10-8-6-7-9-20(3)29-26/h6-9,11-12,19,28-29H,3-5,10,13-18H2,1-2H3/b8-6-,9-7-. The van der Waals surface area contributed by atoms with Gasteiger partial charge in [0, 0.05) is 34.5 Å². The normalized spacial score (nSPS) is 21.8. The zero-order valence-electron chi connectivity index (χ0n) is 19.4. The third-order valence-corrected chi connectivity index (χ3v) is 6.99. The van der Waals surface area contributed by atoms with Crippen LogP contribution in [0, 0.1) is 0 Å². The summed E-state index contributed by atoms with van der Waals surface area (Å²) in [7, 11) is 0. The largest absolute Gasteiger partial charge is 0.492 e. The van der Waals surface area contributed by atoms with Crippen molar-refractivity contribution in [1.29, 1.82) is 0 Å². The van der Waals surface area contributed by atoms with Crippen LogP contribution in [0.4, 0.5) is 0 Å². The smallest absolute Gasteiger partial charge is 0.191 e. The van der Waals surface area contributed by atoms with Crippen LogP contribution in [0.15, 0.2) is 66.0 Å². The summed E-state index contributed by atoms with van der Waals surface area (Å²) in [6.07, 6.45) is 10.5. The Morgan fingerprint density at radius 1 is 1.16 bits per heavy atom. The molecule has 5 heteroatoms. The molecule has 1 aliphatic carbocycles. The van der Waals surface area contributed by atoms with Crippen molar-refractivity contribution in [2.75, 3.05) is 39.3 Å². The Morgan fingerprint density at radius 2 is 1.94 bits per heavy atom. The first-order valence-electron chi connectivity index (χ1n) is 11.9. The number of Topliss-reactive ketones (excluding diaryl/α,β-unsaturated/α-hetero) is 1. The Kier molecular flexibility index (Phi) is 6.97. The number of piperidine rings is 1. The van der Waals surface area contributed by atoms with Crippen molar-refractivity contribution >= 4 is 5.78 Å². The molecule has 1 spiro atoms. The van der Waals surface area contributed by atoms with E-state index in [1.54, 1.807) is 0 Å². The van der Waals surface area contributed by atoms with Crippen molar-refractivity contribution in [3.05, 3.63) is 77.2 Å². The van der Waals surface area contributed by atoms with Crippen LogP contribution in [-0.4, -0.2) is 50.0 Å². The van der Waals surface area contributed by atoms with Gasteiger partial charge >= 0.3 is 0 Å². The van der Waals surface area contributed by atoms with Crippen LogP contribution in [0.5, 0.6) is 5.75 Å². The molecule has 5 nitrogen and oxygen atoms in total. The second kappa shape index (κ2) is 9.88. The second-order valence-electron chi connectivity index (χ2n) is 8.74. The van der Waals surface area contributed by atoms with E-state index in [1.165, 1.54) is 0 Å². The summed E-state index contributed by atoms with van der Waals surface area (Å²) in [5.41, 5.74) is 4.36. The minimum atomic E-state index is -0.239. The number of benzene rings is 1. The lowest BCUT2D eigenvalue weighted by Crippen LogP contribution is -2.48. The predicted molar refractivity (Wildman–Crippen MR) is 130 cm³/mol. The predicted octanol–water partition coefficient (Wildman–Crippen LogP) is 4.10. The molecular formula is C27H35N3O2. The van der Waals surface area contributed by atoms with Crippen molar-refractivity contribution < 1.29 is 9.53 Å². The van der Waals surface area contributed by atoms with Crippen LogP contribution in [0.2, 0.25) is 0 Å². The molecule has 0 bridgehead atoms. The topological polar surface area (TPSA) is 53.6 Å². The van der Waals surface area contributed by atoms with Gasteiger partial charge in [-0.05, 0) is 75.3 Å². The van der Waals surface area contributed by atoms with Gasteiger partial charge in [0.1, 0.15) is 12.4 Å². The summed E-state index contributed by atoms with van der Waals surface area (Å²) >= 11 is 0. The number of hydrogen-bond acceptors (Lipinski definition) is 5. The van der Waals surface area contributed by atoms with Crippen LogP contribution < -0.4 is 15.4 Å². The Labute approximate surface area is 191 Å². The molecule has 4 rings (SSSR count). The summed E-state index contributed by atoms with van der Waals surface area (Å²) in [6.45, 7) is 13.9. The van der Waals surface area contributed by atoms with Crippen LogP contribution in [0.3, 0.4) is 0 Å². The third-order valence-electron chi connectivity index (χ3n) is 6.99. The summed E-state index contributed by atoms with van der Waals surface area (Å²) in [5.74, 6) is 0.952. The molecule has 0 saturated carbocycles. The zero-order chi connectivity index (χ0) is 22.6. The van der Waals surface area contributed by atoms with Crippen LogP contribution in [0.25, 0.3) is 0 Å². The summed E-state index contributed by atoms with van der Waals surface area (Å²) in [5, 5.41) is 7.04. The minimum Gasteiger partial charge on any atom is -0.492 e. The van der Waals surface area contributed by atoms with E-state index in [9.17, 15) is 4.79 Å². The monoisotopic (exact) mass is 433 g/mol. The molecular weight excluding hydrogens is 398 g/mol. The number of nitrogens with zero attached hydrogens (tertiary/aromatic N) is 1. The number of rotatable bonds is 6. The van der Waals surface area contributed by atoms with Gasteiger partial charge in [0.2, 0.25) is 0 Å². The maximum atomic E-state index is 13.6. The van der Waals surface area contributed by atoms with Gasteiger partial charge in [-0.1, -0.05) is 38.7 Å². The lowest BCUT2D eigenvalue weighted by Gasteiger charge is -2.45. The van der Waals surface area contributed by atoms with E-state index in [1.807, 2.05) is 30.4 Å². The molecule has 0 unspecified atom stereocenters. The molecule has 0 atom stereocenters. The lowest BCUT2D eigenvalue weighted by atomic mass is 9.63. The third kappa shape index (κ3) is 4.32. The van der Waals surface area contributed by atoms with Crippen molar-refractivity contribution in [3.63, 3.8) is 0 Å². The van der Waals surface area contributed by atoms with Gasteiger partial charge in [0.25, 0.3) is 0 Å². The molecule has 2 N–H and O–H groups in total. The number of likely N-dealkylation sites (N-methyl/N-ethyl adjacent to an activating group) is 1. The van der Waals surface area contributed by atoms with E-state index in [-0.39, 0.29) is 11.2 Å². The van der Waals surface area contributed by atoms with Crippen LogP contribution >= 0.6 is 0 Å². The number of allylic oxidation sites excluding steroid dienone is 6. The first kappa shape index (κ1) is 22.6. The number of ether oxygens (including phenoxy) is 1. The number of carbonyl (C=O) groups excluding carboxylic acids is 1. The quantitative estimate of drug-likeness (QED) is 0.708. The van der Waals surface area contributed by atoms with E-state index >= 15 is 0 Å². The minimum absolute atomic E-state index is 0.112. The van der Waals surface area contributed by atoms with Crippen molar-refractivity contribution in [3.8, 4) is 5.75 Å². The Morgan fingerprint density at radius 3 is 2.69 bits per heavy atom. The molecule has 2 heterocycles. The first-order chi connectivity index (χ1) is 15.6. The van der Waals surface area contributed by atoms with Crippen LogP contribution in [0.1, 0.15) is 49.0 Å². The Bertz CT molecular complexity index is 963. The molecule has 1 fully saturated rings. The van der Waals surface area contributed by atoms with Gasteiger partial charge in [-0.2, -0.15) is 0 Å². The van der Waals surface area contributed by atoms with E-state index in [4.69, 9.17) is 4.74 Å². The van der Waals surface area contributed by atoms with Gasteiger partial charge < -0.3 is 20.3 Å². The number of fused-ring (bicyclic) bond motifs is 3. The fourth-order valence-corrected chi connectivity index (χ4v) is 5.14. The lowest BCUT2D eigenvalue weighted by molar-refractivity contribution is 0.101. The average molecular weight is 434 g/mol. The number of nitrogens with one attached hydrogen (secondary N) is 2. The molecule has 2 aliphatic heterocycles. The fraction of sp³-hybridized carbons (Fsp3) is 0.444. The fourth-order valence-electron chi connectivity index (χ4n) is 5.14. The number of hydrogen-bond donors (Lipinski definition) is 2. The molecule has 1 saturated heterocycles. The van der Waals surface area contributed by atoms with Gasteiger partial charge in [-0.3, -0.25) is 4.79 Å². The Hall–Kier alpha value is -2.63. The van der Waals surface area contributed by atoms with E-state index in [2.05, 4.69) is 48.1 Å². The Balaban J connectivity index is 1.73. The van der Waals surface area contributed by atoms with Crippen molar-refractivity contribution in [2.45, 2.75) is 38.5 Å². The second-order valence-corrected chi connectivity index (χ2v) is 8.74. The zero-order valence-corrected chi connectivity index (χ0v) is 19.4. The summed E-state index contributed by atoms with van der Waals surface area (Å²) in [6, 6.07) is 6.05. The van der Waals surface area contributed by atoms with Gasteiger partial charge in [-0.25, -0.2) is 0 Å². The van der Waals surface area contributed by atoms with Gasteiger partial charge in [-0.15, -0.1) is 0 Å². The summed E-state index contributed by atoms with van der Waals surface area (Å²) < 4.78 is 6.15. The molecule has 0 radical (unpaired) electrons. The van der Waals surface area contributed by atoms with Crippen molar-refractivity contribution in [2.24, 2.45) is 0 Å². The first-order valence-corrected chi connectivity index (χ1v) is 11.9. The number of ketones is 1. The highest BCUT2D eigenvalue weighted by atomic mass is 16.5. The van der Waals surface area contributed by atoms with Crippen LogP contribution in [-0.2, 0) is 5.41 Å². The molecule has 170 valence electrons. The SMILES string of the molecule is C=C1/C=C\C=C/CC2=C(N1)C1(CCNCC1)c1cc(OCCN(CC)CC)ccc1C2=O. The molecule has 1 aromatic rings. The molecule has 1 aromatic carbocycles.